The third kappa shape index (κ3) is 3.35. The fraction of sp³-hybridized carbons (Fsp3) is 0.188. The summed E-state index contributed by atoms with van der Waals surface area (Å²) in [5.74, 6) is -0.923. The molecular weight excluding hydrogens is 287 g/mol. The smallest absolute Gasteiger partial charge is 0.269 e. The van der Waals surface area contributed by atoms with Crippen LogP contribution in [0, 0.1) is 15.9 Å². The van der Waals surface area contributed by atoms with Crippen molar-refractivity contribution < 1.29 is 14.1 Å². The van der Waals surface area contributed by atoms with Gasteiger partial charge < -0.3 is 5.73 Å². The molecule has 0 saturated carbocycles. The van der Waals surface area contributed by atoms with Gasteiger partial charge in [0.2, 0.25) is 0 Å². The van der Waals surface area contributed by atoms with Crippen molar-refractivity contribution in [3.05, 3.63) is 75.6 Å². The number of nitro benzene ring substituents is 1. The number of Topliss-reactive ketones (excluding diaryl/α,β-unsaturated/α-hetero) is 1. The van der Waals surface area contributed by atoms with E-state index >= 15 is 0 Å². The summed E-state index contributed by atoms with van der Waals surface area (Å²) in [7, 11) is 0. The molecule has 1 atom stereocenters. The Morgan fingerprint density at radius 3 is 2.50 bits per heavy atom. The molecule has 114 valence electrons. The molecule has 5 nitrogen and oxygen atoms in total. The maximum atomic E-state index is 14.0. The zero-order chi connectivity index (χ0) is 16.3. The summed E-state index contributed by atoms with van der Waals surface area (Å²) in [4.78, 5) is 22.4. The number of non-ortho nitro benzene ring substituents is 1. The zero-order valence-corrected chi connectivity index (χ0v) is 12.0. The minimum absolute atomic E-state index is 0.0500. The second-order valence-electron chi connectivity index (χ2n) is 5.30. The minimum atomic E-state index is -1.34. The highest BCUT2D eigenvalue weighted by Gasteiger charge is 2.30. The van der Waals surface area contributed by atoms with Gasteiger partial charge >= 0.3 is 0 Å². The summed E-state index contributed by atoms with van der Waals surface area (Å²) in [5, 5.41) is 10.8. The summed E-state index contributed by atoms with van der Waals surface area (Å²) >= 11 is 0. The highest BCUT2D eigenvalue weighted by molar-refractivity contribution is 5.96. The van der Waals surface area contributed by atoms with E-state index in [0.29, 0.717) is 5.56 Å². The maximum Gasteiger partial charge on any atom is 0.269 e. The molecule has 0 saturated heterocycles. The number of carbonyl (C=O) groups excluding carboxylic acids is 1. The molecule has 2 N–H and O–H groups in total. The first-order valence-electron chi connectivity index (χ1n) is 6.63. The van der Waals surface area contributed by atoms with Crippen LogP contribution >= 0.6 is 0 Å². The molecule has 0 spiro atoms. The van der Waals surface area contributed by atoms with Gasteiger partial charge in [0.15, 0.2) is 5.78 Å². The fourth-order valence-corrected chi connectivity index (χ4v) is 2.22. The first-order chi connectivity index (χ1) is 10.3. The molecule has 22 heavy (non-hydrogen) atoms. The Morgan fingerprint density at radius 2 is 1.91 bits per heavy atom. The van der Waals surface area contributed by atoms with Crippen LogP contribution in [-0.4, -0.2) is 10.7 Å². The van der Waals surface area contributed by atoms with Crippen LogP contribution in [0.5, 0.6) is 0 Å². The monoisotopic (exact) mass is 302 g/mol. The first kappa shape index (κ1) is 15.8. The van der Waals surface area contributed by atoms with E-state index < -0.39 is 16.3 Å². The zero-order valence-electron chi connectivity index (χ0n) is 12.0. The van der Waals surface area contributed by atoms with Gasteiger partial charge in [-0.15, -0.1) is 0 Å². The van der Waals surface area contributed by atoms with Crippen LogP contribution in [-0.2, 0) is 5.54 Å². The van der Waals surface area contributed by atoms with Crippen molar-refractivity contribution in [2.75, 3.05) is 0 Å². The third-order valence-corrected chi connectivity index (χ3v) is 3.40. The number of nitro groups is 1. The molecule has 0 aliphatic carbocycles. The predicted octanol–water partition coefficient (Wildman–Crippen LogP) is 3.18. The SMILES string of the molecule is C[C@](N)(CC(=O)c1ccccc1)c1cc([N+](=O)[O-])ccc1F. The van der Waals surface area contributed by atoms with Gasteiger partial charge in [-0.05, 0) is 13.0 Å². The number of halogens is 1. The molecule has 0 heterocycles. The molecule has 0 fully saturated rings. The summed E-state index contributed by atoms with van der Waals surface area (Å²) in [6.07, 6.45) is -0.158. The number of hydrogen-bond acceptors (Lipinski definition) is 4. The Labute approximate surface area is 126 Å². The summed E-state index contributed by atoms with van der Waals surface area (Å²) in [5.41, 5.74) is 4.87. The van der Waals surface area contributed by atoms with E-state index in [9.17, 15) is 19.3 Å². The Balaban J connectivity index is 2.32. The number of rotatable bonds is 5. The topological polar surface area (TPSA) is 86.2 Å². The lowest BCUT2D eigenvalue weighted by Gasteiger charge is -2.24. The van der Waals surface area contributed by atoms with E-state index in [-0.39, 0.29) is 23.5 Å². The van der Waals surface area contributed by atoms with E-state index in [2.05, 4.69) is 0 Å². The van der Waals surface area contributed by atoms with Crippen LogP contribution < -0.4 is 5.73 Å². The Kier molecular flexibility index (Phi) is 4.32. The van der Waals surface area contributed by atoms with Crippen LogP contribution in [0.2, 0.25) is 0 Å². The molecule has 0 unspecified atom stereocenters. The van der Waals surface area contributed by atoms with E-state index in [1.54, 1.807) is 30.3 Å². The van der Waals surface area contributed by atoms with Gasteiger partial charge in [0, 0.05) is 35.2 Å². The molecule has 0 aliphatic rings. The molecule has 6 heteroatoms. The lowest BCUT2D eigenvalue weighted by Crippen LogP contribution is -2.36. The van der Waals surface area contributed by atoms with Crippen molar-refractivity contribution in [3.8, 4) is 0 Å². The number of ketones is 1. The van der Waals surface area contributed by atoms with Gasteiger partial charge in [0.05, 0.1) is 4.92 Å². The van der Waals surface area contributed by atoms with Crippen LogP contribution in [0.25, 0.3) is 0 Å². The van der Waals surface area contributed by atoms with E-state index in [0.717, 1.165) is 18.2 Å². The number of nitrogens with two attached hydrogens (primary N) is 1. The molecule has 0 aromatic heterocycles. The molecule has 0 radical (unpaired) electrons. The Morgan fingerprint density at radius 1 is 1.27 bits per heavy atom. The van der Waals surface area contributed by atoms with Crippen molar-refractivity contribution in [2.45, 2.75) is 18.9 Å². The molecule has 0 bridgehead atoms. The normalized spacial score (nSPS) is 13.4. The Bertz CT molecular complexity index is 715. The van der Waals surface area contributed by atoms with Crippen molar-refractivity contribution in [2.24, 2.45) is 5.73 Å². The average Bonchev–Trinajstić information content (AvgIpc) is 2.47. The molecule has 0 aliphatic heterocycles. The number of nitrogens with zero attached hydrogens (tertiary/aromatic N) is 1. The molecule has 0 amide bonds. The van der Waals surface area contributed by atoms with Gasteiger partial charge in [-0.25, -0.2) is 4.39 Å². The van der Waals surface area contributed by atoms with E-state index in [1.807, 2.05) is 0 Å². The van der Waals surface area contributed by atoms with Gasteiger partial charge in [-0.3, -0.25) is 14.9 Å². The number of carbonyl (C=O) groups is 1. The second-order valence-corrected chi connectivity index (χ2v) is 5.30. The van der Waals surface area contributed by atoms with Gasteiger partial charge in [0.1, 0.15) is 5.82 Å². The quantitative estimate of drug-likeness (QED) is 0.522. The Hall–Kier alpha value is -2.60. The van der Waals surface area contributed by atoms with Gasteiger partial charge in [0.25, 0.3) is 5.69 Å². The van der Waals surface area contributed by atoms with Crippen molar-refractivity contribution in [3.63, 3.8) is 0 Å². The summed E-state index contributed by atoms with van der Waals surface area (Å²) in [6, 6.07) is 11.6. The first-order valence-corrected chi connectivity index (χ1v) is 6.63. The highest BCUT2D eigenvalue weighted by atomic mass is 19.1. The largest absolute Gasteiger partial charge is 0.321 e. The predicted molar refractivity (Wildman–Crippen MR) is 80.0 cm³/mol. The van der Waals surface area contributed by atoms with Crippen LogP contribution in [0.4, 0.5) is 10.1 Å². The lowest BCUT2D eigenvalue weighted by atomic mass is 9.86. The van der Waals surface area contributed by atoms with E-state index in [1.165, 1.54) is 6.92 Å². The van der Waals surface area contributed by atoms with Gasteiger partial charge in [-0.1, -0.05) is 30.3 Å². The lowest BCUT2D eigenvalue weighted by molar-refractivity contribution is -0.385. The van der Waals surface area contributed by atoms with Crippen LogP contribution in [0.1, 0.15) is 29.3 Å². The summed E-state index contributed by atoms with van der Waals surface area (Å²) in [6.45, 7) is 1.48. The standard InChI is InChI=1S/C16H15FN2O3/c1-16(18,10-15(20)11-5-3-2-4-6-11)13-9-12(19(21)22)7-8-14(13)17/h2-9H,10,18H2,1H3/t16-/m0/s1. The molecule has 2 aromatic rings. The fourth-order valence-electron chi connectivity index (χ4n) is 2.22. The average molecular weight is 302 g/mol. The maximum absolute atomic E-state index is 14.0. The number of benzene rings is 2. The van der Waals surface area contributed by atoms with Crippen molar-refractivity contribution in [1.82, 2.24) is 0 Å². The number of hydrogen-bond donors (Lipinski definition) is 1. The summed E-state index contributed by atoms with van der Waals surface area (Å²) < 4.78 is 14.0. The van der Waals surface area contributed by atoms with Crippen molar-refractivity contribution in [1.29, 1.82) is 0 Å². The molecular formula is C16H15FN2O3. The van der Waals surface area contributed by atoms with E-state index in [4.69, 9.17) is 5.73 Å². The molecule has 2 rings (SSSR count). The highest BCUT2D eigenvalue weighted by Crippen LogP contribution is 2.29. The van der Waals surface area contributed by atoms with Crippen LogP contribution in [0.15, 0.2) is 48.5 Å². The van der Waals surface area contributed by atoms with Crippen molar-refractivity contribution >= 4 is 11.5 Å². The van der Waals surface area contributed by atoms with Crippen LogP contribution in [0.3, 0.4) is 0 Å². The second kappa shape index (κ2) is 6.03. The van der Waals surface area contributed by atoms with Gasteiger partial charge in [-0.2, -0.15) is 0 Å². The molecule has 2 aromatic carbocycles. The minimum Gasteiger partial charge on any atom is -0.321 e. The third-order valence-electron chi connectivity index (χ3n) is 3.40.